The fraction of sp³-hybridized carbons (Fsp3) is 0.476. The molecule has 2 aromatic rings. The fourth-order valence-corrected chi connectivity index (χ4v) is 6.83. The number of carbonyl (C=O) groups is 1. The summed E-state index contributed by atoms with van der Waals surface area (Å²) in [5.74, 6) is 0.762. The molecule has 28 heavy (non-hydrogen) atoms. The minimum Gasteiger partial charge on any atom is -0.336 e. The van der Waals surface area contributed by atoms with E-state index in [-0.39, 0.29) is 11.7 Å². The summed E-state index contributed by atoms with van der Waals surface area (Å²) in [4.78, 5) is 16.2. The molecule has 7 heteroatoms. The first-order chi connectivity index (χ1) is 13.4. The Labute approximate surface area is 171 Å². The summed E-state index contributed by atoms with van der Waals surface area (Å²) in [5.41, 5.74) is 2.86. The zero-order chi connectivity index (χ0) is 19.7. The molecule has 1 fully saturated rings. The number of benzene rings is 1. The van der Waals surface area contributed by atoms with Crippen LogP contribution in [0.25, 0.3) is 0 Å². The molecule has 1 amide bonds. The predicted molar refractivity (Wildman–Crippen MR) is 112 cm³/mol. The van der Waals surface area contributed by atoms with E-state index in [4.69, 9.17) is 0 Å². The van der Waals surface area contributed by atoms with E-state index in [9.17, 15) is 13.2 Å². The smallest absolute Gasteiger partial charge is 0.255 e. The van der Waals surface area contributed by atoms with Crippen LogP contribution in [0.5, 0.6) is 0 Å². The first-order valence-electron chi connectivity index (χ1n) is 9.84. The van der Waals surface area contributed by atoms with Gasteiger partial charge >= 0.3 is 0 Å². The van der Waals surface area contributed by atoms with Gasteiger partial charge in [0, 0.05) is 36.4 Å². The molecule has 1 aromatic carbocycles. The fourth-order valence-electron chi connectivity index (χ4n) is 4.07. The minimum atomic E-state index is -3.36. The number of nitrogens with zero attached hydrogens (tertiary/aromatic N) is 2. The molecule has 0 N–H and O–H groups in total. The SMILES string of the molecule is CC1CCc2c(C(=O)N3CCN(S(=O)(=O)Cc4ccccc4)CC3)csc2C1. The van der Waals surface area contributed by atoms with E-state index in [1.807, 2.05) is 40.6 Å². The van der Waals surface area contributed by atoms with E-state index < -0.39 is 10.0 Å². The third-order valence-electron chi connectivity index (χ3n) is 5.74. The summed E-state index contributed by atoms with van der Waals surface area (Å²) in [7, 11) is -3.36. The van der Waals surface area contributed by atoms with Crippen LogP contribution in [0, 0.1) is 5.92 Å². The standard InChI is InChI=1S/C21H26N2O3S2/c1-16-7-8-18-19(14-27-20(18)13-16)21(24)22-9-11-23(12-10-22)28(25,26)15-17-5-3-2-4-6-17/h2-6,14,16H,7-13,15H2,1H3. The lowest BCUT2D eigenvalue weighted by Crippen LogP contribution is -2.50. The van der Waals surface area contributed by atoms with Crippen molar-refractivity contribution < 1.29 is 13.2 Å². The third kappa shape index (κ3) is 4.02. The van der Waals surface area contributed by atoms with Crippen molar-refractivity contribution in [3.05, 3.63) is 57.3 Å². The Hall–Kier alpha value is -1.70. The summed E-state index contributed by atoms with van der Waals surface area (Å²) in [5, 5.41) is 2.00. The zero-order valence-electron chi connectivity index (χ0n) is 16.1. The highest BCUT2D eigenvalue weighted by atomic mass is 32.2. The second kappa shape index (κ2) is 7.97. The van der Waals surface area contributed by atoms with Crippen LogP contribution >= 0.6 is 11.3 Å². The molecule has 1 unspecified atom stereocenters. The van der Waals surface area contributed by atoms with Crippen LogP contribution in [0.2, 0.25) is 0 Å². The van der Waals surface area contributed by atoms with Gasteiger partial charge < -0.3 is 4.90 Å². The molecule has 1 aliphatic heterocycles. The first kappa shape index (κ1) is 19.6. The number of carbonyl (C=O) groups excluding carboxylic acids is 1. The molecule has 5 nitrogen and oxygen atoms in total. The monoisotopic (exact) mass is 418 g/mol. The van der Waals surface area contributed by atoms with Crippen molar-refractivity contribution in [3.8, 4) is 0 Å². The van der Waals surface area contributed by atoms with Crippen LogP contribution in [0.15, 0.2) is 35.7 Å². The number of piperazine rings is 1. The Kier molecular flexibility index (Phi) is 5.58. The number of fused-ring (bicyclic) bond motifs is 1. The second-order valence-electron chi connectivity index (χ2n) is 7.83. The minimum absolute atomic E-state index is 0.0119. The number of thiophene rings is 1. The van der Waals surface area contributed by atoms with Crippen molar-refractivity contribution in [2.24, 2.45) is 5.92 Å². The molecule has 2 aliphatic rings. The number of hydrogen-bond acceptors (Lipinski definition) is 4. The number of amides is 1. The van der Waals surface area contributed by atoms with Crippen LogP contribution in [-0.4, -0.2) is 49.7 Å². The van der Waals surface area contributed by atoms with Gasteiger partial charge in [0.15, 0.2) is 0 Å². The molecular weight excluding hydrogens is 392 g/mol. The molecular formula is C21H26N2O3S2. The summed E-state index contributed by atoms with van der Waals surface area (Å²) in [6, 6.07) is 9.24. The van der Waals surface area contributed by atoms with Gasteiger partial charge in [-0.3, -0.25) is 4.79 Å². The molecule has 0 bridgehead atoms. The lowest BCUT2D eigenvalue weighted by atomic mass is 9.88. The summed E-state index contributed by atoms with van der Waals surface area (Å²) in [6.45, 7) is 3.90. The Bertz CT molecular complexity index is 945. The second-order valence-corrected chi connectivity index (χ2v) is 10.8. The molecule has 0 spiro atoms. The van der Waals surface area contributed by atoms with E-state index in [0.29, 0.717) is 32.1 Å². The molecule has 4 rings (SSSR count). The molecule has 1 atom stereocenters. The Morgan fingerprint density at radius 1 is 1.14 bits per heavy atom. The largest absolute Gasteiger partial charge is 0.336 e. The first-order valence-corrected chi connectivity index (χ1v) is 12.3. The van der Waals surface area contributed by atoms with Crippen LogP contribution in [0.4, 0.5) is 0 Å². The topological polar surface area (TPSA) is 57.7 Å². The van der Waals surface area contributed by atoms with Gasteiger partial charge in [-0.25, -0.2) is 8.42 Å². The third-order valence-corrected chi connectivity index (χ3v) is 8.64. The van der Waals surface area contributed by atoms with E-state index in [1.165, 1.54) is 14.7 Å². The maximum absolute atomic E-state index is 13.0. The van der Waals surface area contributed by atoms with Gasteiger partial charge in [-0.15, -0.1) is 11.3 Å². The normalized spacial score (nSPS) is 20.8. The maximum Gasteiger partial charge on any atom is 0.255 e. The molecule has 150 valence electrons. The van der Waals surface area contributed by atoms with E-state index >= 15 is 0 Å². The maximum atomic E-state index is 13.0. The highest BCUT2D eigenvalue weighted by Crippen LogP contribution is 2.33. The summed E-state index contributed by atoms with van der Waals surface area (Å²) in [6.07, 6.45) is 3.18. The quantitative estimate of drug-likeness (QED) is 0.766. The molecule has 1 aromatic heterocycles. The number of rotatable bonds is 4. The number of sulfonamides is 1. The van der Waals surface area contributed by atoms with Gasteiger partial charge in [-0.1, -0.05) is 37.3 Å². The highest BCUT2D eigenvalue weighted by Gasteiger charge is 2.31. The van der Waals surface area contributed by atoms with Crippen molar-refractivity contribution in [1.29, 1.82) is 0 Å². The predicted octanol–water partition coefficient (Wildman–Crippen LogP) is 3.16. The number of hydrogen-bond donors (Lipinski definition) is 0. The average Bonchev–Trinajstić information content (AvgIpc) is 3.11. The molecule has 0 saturated carbocycles. The van der Waals surface area contributed by atoms with Crippen molar-refractivity contribution in [2.75, 3.05) is 26.2 Å². The molecule has 1 saturated heterocycles. The van der Waals surface area contributed by atoms with Crippen LogP contribution in [0.3, 0.4) is 0 Å². The van der Waals surface area contributed by atoms with Crippen molar-refractivity contribution >= 4 is 27.3 Å². The van der Waals surface area contributed by atoms with Gasteiger partial charge in [0.2, 0.25) is 10.0 Å². The lowest BCUT2D eigenvalue weighted by Gasteiger charge is -2.34. The van der Waals surface area contributed by atoms with Crippen molar-refractivity contribution in [2.45, 2.75) is 31.9 Å². The Balaban J connectivity index is 1.40. The van der Waals surface area contributed by atoms with Crippen LogP contribution in [0.1, 0.15) is 39.7 Å². The Morgan fingerprint density at radius 2 is 1.86 bits per heavy atom. The Morgan fingerprint density at radius 3 is 2.57 bits per heavy atom. The van der Waals surface area contributed by atoms with Gasteiger partial charge in [0.05, 0.1) is 11.3 Å². The zero-order valence-corrected chi connectivity index (χ0v) is 17.8. The van der Waals surface area contributed by atoms with E-state index in [1.54, 1.807) is 11.3 Å². The van der Waals surface area contributed by atoms with Gasteiger partial charge in [-0.05, 0) is 36.3 Å². The molecule has 0 radical (unpaired) electrons. The van der Waals surface area contributed by atoms with E-state index in [0.717, 1.165) is 30.4 Å². The van der Waals surface area contributed by atoms with Gasteiger partial charge in [-0.2, -0.15) is 4.31 Å². The average molecular weight is 419 g/mol. The lowest BCUT2D eigenvalue weighted by molar-refractivity contribution is 0.0697. The summed E-state index contributed by atoms with van der Waals surface area (Å²) >= 11 is 1.70. The van der Waals surface area contributed by atoms with Crippen molar-refractivity contribution in [1.82, 2.24) is 9.21 Å². The van der Waals surface area contributed by atoms with Crippen LogP contribution in [-0.2, 0) is 28.6 Å². The van der Waals surface area contributed by atoms with Gasteiger partial charge in [0.1, 0.15) is 0 Å². The molecule has 2 heterocycles. The summed E-state index contributed by atoms with van der Waals surface area (Å²) < 4.78 is 26.9. The molecule has 1 aliphatic carbocycles. The van der Waals surface area contributed by atoms with Crippen molar-refractivity contribution in [3.63, 3.8) is 0 Å². The highest BCUT2D eigenvalue weighted by molar-refractivity contribution is 7.88. The van der Waals surface area contributed by atoms with Crippen LogP contribution < -0.4 is 0 Å². The van der Waals surface area contributed by atoms with E-state index in [2.05, 4.69) is 6.92 Å². The van der Waals surface area contributed by atoms with Gasteiger partial charge in [0.25, 0.3) is 5.91 Å².